The minimum Gasteiger partial charge on any atom is -0.388 e. The highest BCUT2D eigenvalue weighted by Gasteiger charge is 2.34. The SMILES string of the molecule is CN=C(NCC1(O)CCC1)NC1CCCn2nc(C)nc21. The van der Waals surface area contributed by atoms with Crippen LogP contribution in [0.25, 0.3) is 0 Å². The summed E-state index contributed by atoms with van der Waals surface area (Å²) < 4.78 is 1.98. The first kappa shape index (κ1) is 14.3. The summed E-state index contributed by atoms with van der Waals surface area (Å²) in [5, 5.41) is 21.2. The van der Waals surface area contributed by atoms with Crippen LogP contribution in [0.15, 0.2) is 4.99 Å². The Balaban J connectivity index is 1.62. The quantitative estimate of drug-likeness (QED) is 0.558. The fourth-order valence-corrected chi connectivity index (χ4v) is 2.97. The number of nitrogens with zero attached hydrogens (tertiary/aromatic N) is 4. The molecule has 116 valence electrons. The molecule has 0 bridgehead atoms. The van der Waals surface area contributed by atoms with Crippen molar-refractivity contribution < 1.29 is 5.11 Å². The second kappa shape index (κ2) is 5.63. The molecule has 0 radical (unpaired) electrons. The minimum atomic E-state index is -0.555. The van der Waals surface area contributed by atoms with Gasteiger partial charge in [0.25, 0.3) is 0 Å². The Morgan fingerprint density at radius 3 is 2.95 bits per heavy atom. The molecule has 3 N–H and O–H groups in total. The molecule has 1 unspecified atom stereocenters. The first-order valence-corrected chi connectivity index (χ1v) is 7.70. The van der Waals surface area contributed by atoms with E-state index in [4.69, 9.17) is 0 Å². The number of aromatic nitrogens is 3. The number of hydrogen-bond acceptors (Lipinski definition) is 4. The van der Waals surface area contributed by atoms with Gasteiger partial charge in [-0.1, -0.05) is 0 Å². The van der Waals surface area contributed by atoms with E-state index >= 15 is 0 Å². The van der Waals surface area contributed by atoms with Gasteiger partial charge in [0, 0.05) is 20.1 Å². The molecule has 0 amide bonds. The van der Waals surface area contributed by atoms with Crippen molar-refractivity contribution in [2.45, 2.75) is 57.2 Å². The molecule has 7 nitrogen and oxygen atoms in total. The molecule has 1 aromatic rings. The van der Waals surface area contributed by atoms with Crippen molar-refractivity contribution in [3.05, 3.63) is 11.6 Å². The first-order valence-electron chi connectivity index (χ1n) is 7.70. The standard InChI is InChI=1S/C14H24N6O/c1-10-17-12-11(5-3-8-20(12)19-10)18-13(15-2)16-9-14(21)6-4-7-14/h11,21H,3-9H2,1-2H3,(H2,15,16,18). The van der Waals surface area contributed by atoms with Gasteiger partial charge in [-0.2, -0.15) is 5.10 Å². The Morgan fingerprint density at radius 1 is 1.48 bits per heavy atom. The second-order valence-electron chi connectivity index (χ2n) is 6.08. The zero-order valence-electron chi connectivity index (χ0n) is 12.8. The summed E-state index contributed by atoms with van der Waals surface area (Å²) in [4.78, 5) is 8.76. The van der Waals surface area contributed by atoms with Crippen molar-refractivity contribution in [1.29, 1.82) is 0 Å². The van der Waals surface area contributed by atoms with E-state index in [1.807, 2.05) is 11.6 Å². The normalized spacial score (nSPS) is 24.1. The van der Waals surface area contributed by atoms with E-state index in [-0.39, 0.29) is 6.04 Å². The molecular weight excluding hydrogens is 268 g/mol. The lowest BCUT2D eigenvalue weighted by molar-refractivity contribution is -0.0279. The van der Waals surface area contributed by atoms with E-state index in [0.717, 1.165) is 56.3 Å². The molecule has 21 heavy (non-hydrogen) atoms. The van der Waals surface area contributed by atoms with Gasteiger partial charge in [0.05, 0.1) is 11.6 Å². The highest BCUT2D eigenvalue weighted by atomic mass is 16.3. The number of aliphatic hydroxyl groups is 1. The smallest absolute Gasteiger partial charge is 0.191 e. The van der Waals surface area contributed by atoms with E-state index < -0.39 is 5.60 Å². The molecule has 1 aliphatic heterocycles. The molecule has 7 heteroatoms. The molecule has 1 saturated carbocycles. The van der Waals surface area contributed by atoms with Crippen molar-refractivity contribution >= 4 is 5.96 Å². The van der Waals surface area contributed by atoms with Crippen LogP contribution in [-0.4, -0.2) is 45.0 Å². The van der Waals surface area contributed by atoms with Gasteiger partial charge in [0.1, 0.15) is 11.6 Å². The van der Waals surface area contributed by atoms with Gasteiger partial charge < -0.3 is 15.7 Å². The predicted octanol–water partition coefficient (Wildman–Crippen LogP) is 0.501. The summed E-state index contributed by atoms with van der Waals surface area (Å²) in [5.41, 5.74) is -0.555. The molecular formula is C14H24N6O. The summed E-state index contributed by atoms with van der Waals surface area (Å²) >= 11 is 0. The zero-order valence-corrected chi connectivity index (χ0v) is 12.8. The topological polar surface area (TPSA) is 87.4 Å². The van der Waals surface area contributed by atoms with Gasteiger partial charge >= 0.3 is 0 Å². The number of aryl methyl sites for hydroxylation is 2. The van der Waals surface area contributed by atoms with Crippen LogP contribution in [0.2, 0.25) is 0 Å². The van der Waals surface area contributed by atoms with Crippen molar-refractivity contribution in [3.63, 3.8) is 0 Å². The van der Waals surface area contributed by atoms with Crippen LogP contribution in [0.3, 0.4) is 0 Å². The second-order valence-corrected chi connectivity index (χ2v) is 6.08. The maximum Gasteiger partial charge on any atom is 0.191 e. The van der Waals surface area contributed by atoms with Crippen molar-refractivity contribution in [2.75, 3.05) is 13.6 Å². The fraction of sp³-hybridized carbons (Fsp3) is 0.786. The van der Waals surface area contributed by atoms with Crippen LogP contribution in [-0.2, 0) is 6.54 Å². The lowest BCUT2D eigenvalue weighted by Gasteiger charge is -2.37. The molecule has 2 heterocycles. The third-order valence-corrected chi connectivity index (χ3v) is 4.38. The van der Waals surface area contributed by atoms with E-state index in [2.05, 4.69) is 25.7 Å². The minimum absolute atomic E-state index is 0.127. The number of hydrogen-bond donors (Lipinski definition) is 3. The maximum atomic E-state index is 10.1. The van der Waals surface area contributed by atoms with Crippen LogP contribution in [0.1, 0.15) is 49.8 Å². The lowest BCUT2D eigenvalue weighted by Crippen LogP contribution is -2.51. The molecule has 1 aliphatic carbocycles. The number of aliphatic imine (C=N–C) groups is 1. The van der Waals surface area contributed by atoms with Gasteiger partial charge in [0.2, 0.25) is 0 Å². The number of nitrogens with one attached hydrogen (secondary N) is 2. The van der Waals surface area contributed by atoms with Crippen LogP contribution >= 0.6 is 0 Å². The number of guanidine groups is 1. The molecule has 1 atom stereocenters. The van der Waals surface area contributed by atoms with Gasteiger partial charge in [-0.3, -0.25) is 4.99 Å². The highest BCUT2D eigenvalue weighted by molar-refractivity contribution is 5.80. The van der Waals surface area contributed by atoms with Crippen LogP contribution in [0.4, 0.5) is 0 Å². The third kappa shape index (κ3) is 3.02. The predicted molar refractivity (Wildman–Crippen MR) is 80.0 cm³/mol. The number of fused-ring (bicyclic) bond motifs is 1. The Morgan fingerprint density at radius 2 is 2.29 bits per heavy atom. The molecule has 3 rings (SSSR count). The average Bonchev–Trinajstić information content (AvgIpc) is 2.82. The Labute approximate surface area is 124 Å². The summed E-state index contributed by atoms with van der Waals surface area (Å²) in [5.74, 6) is 2.50. The van der Waals surface area contributed by atoms with E-state index in [1.165, 1.54) is 0 Å². The lowest BCUT2D eigenvalue weighted by atomic mass is 9.80. The summed E-state index contributed by atoms with van der Waals surface area (Å²) in [6.45, 7) is 3.40. The van der Waals surface area contributed by atoms with Gasteiger partial charge in [-0.25, -0.2) is 9.67 Å². The van der Waals surface area contributed by atoms with Crippen molar-refractivity contribution in [2.24, 2.45) is 4.99 Å². The van der Waals surface area contributed by atoms with E-state index in [9.17, 15) is 5.11 Å². The van der Waals surface area contributed by atoms with Crippen LogP contribution in [0.5, 0.6) is 0 Å². The summed E-state index contributed by atoms with van der Waals surface area (Å²) in [7, 11) is 1.75. The van der Waals surface area contributed by atoms with Gasteiger partial charge in [-0.05, 0) is 39.0 Å². The molecule has 1 aromatic heterocycles. The van der Waals surface area contributed by atoms with Gasteiger partial charge in [0.15, 0.2) is 5.96 Å². The average molecular weight is 292 g/mol. The van der Waals surface area contributed by atoms with E-state index in [1.54, 1.807) is 7.05 Å². The molecule has 0 saturated heterocycles. The molecule has 0 aromatic carbocycles. The van der Waals surface area contributed by atoms with Gasteiger partial charge in [-0.15, -0.1) is 0 Å². The Bertz CT molecular complexity index is 534. The Hall–Kier alpha value is -1.63. The van der Waals surface area contributed by atoms with Crippen LogP contribution < -0.4 is 10.6 Å². The molecule has 1 fully saturated rings. The van der Waals surface area contributed by atoms with Crippen molar-refractivity contribution in [1.82, 2.24) is 25.4 Å². The Kier molecular flexibility index (Phi) is 3.84. The monoisotopic (exact) mass is 292 g/mol. The van der Waals surface area contributed by atoms with Crippen LogP contribution in [0, 0.1) is 6.92 Å². The summed E-state index contributed by atoms with van der Waals surface area (Å²) in [6.07, 6.45) is 4.94. The van der Waals surface area contributed by atoms with E-state index in [0.29, 0.717) is 6.54 Å². The zero-order chi connectivity index (χ0) is 14.9. The largest absolute Gasteiger partial charge is 0.388 e. The van der Waals surface area contributed by atoms with Crippen molar-refractivity contribution in [3.8, 4) is 0 Å². The molecule has 2 aliphatic rings. The first-order chi connectivity index (χ1) is 10.1. The third-order valence-electron chi connectivity index (χ3n) is 4.38. The molecule has 0 spiro atoms. The fourth-order valence-electron chi connectivity index (χ4n) is 2.97. The maximum absolute atomic E-state index is 10.1. The number of rotatable bonds is 3. The highest BCUT2D eigenvalue weighted by Crippen LogP contribution is 2.30. The summed E-state index contributed by atoms with van der Waals surface area (Å²) in [6, 6.07) is 0.127.